The van der Waals surface area contributed by atoms with Gasteiger partial charge in [0.2, 0.25) is 5.88 Å². The van der Waals surface area contributed by atoms with Crippen LogP contribution in [0.2, 0.25) is 5.02 Å². The summed E-state index contributed by atoms with van der Waals surface area (Å²) in [6.45, 7) is 0.582. The van der Waals surface area contributed by atoms with Gasteiger partial charge in [-0.1, -0.05) is 41.9 Å². The fraction of sp³-hybridized carbons (Fsp3) is 0.379. The summed E-state index contributed by atoms with van der Waals surface area (Å²) in [5.74, 6) is 0.846. The van der Waals surface area contributed by atoms with Crippen molar-refractivity contribution in [3.8, 4) is 11.6 Å². The average Bonchev–Trinajstić information content (AvgIpc) is 3.18. The van der Waals surface area contributed by atoms with Crippen molar-refractivity contribution in [2.24, 2.45) is 5.92 Å². The lowest BCUT2D eigenvalue weighted by Gasteiger charge is -2.47. The molecule has 6 nitrogen and oxygen atoms in total. The van der Waals surface area contributed by atoms with E-state index in [-0.39, 0.29) is 5.41 Å². The Labute approximate surface area is 216 Å². The molecule has 1 aromatic heterocycles. The fourth-order valence-electron chi connectivity index (χ4n) is 6.19. The predicted molar refractivity (Wildman–Crippen MR) is 140 cm³/mol. The van der Waals surface area contributed by atoms with Gasteiger partial charge in [-0.25, -0.2) is 9.78 Å². The molecule has 0 bridgehead atoms. The quantitative estimate of drug-likeness (QED) is 0.382. The summed E-state index contributed by atoms with van der Waals surface area (Å²) < 4.78 is 11.3. The van der Waals surface area contributed by atoms with E-state index in [1.807, 2.05) is 18.2 Å². The van der Waals surface area contributed by atoms with Gasteiger partial charge in [0, 0.05) is 23.0 Å². The van der Waals surface area contributed by atoms with Crippen LogP contribution in [-0.2, 0) is 16.6 Å². The van der Waals surface area contributed by atoms with E-state index in [0.29, 0.717) is 36.3 Å². The summed E-state index contributed by atoms with van der Waals surface area (Å²) in [7, 11) is 1.59. The Bertz CT molecular complexity index is 1240. The third-order valence-corrected chi connectivity index (χ3v) is 8.30. The van der Waals surface area contributed by atoms with Crippen LogP contribution in [0.1, 0.15) is 43.2 Å². The van der Waals surface area contributed by atoms with Crippen LogP contribution in [0.3, 0.4) is 0 Å². The number of aromatic nitrogens is 1. The predicted octanol–water partition coefficient (Wildman–Crippen LogP) is 6.13. The standard InChI is InChI=1S/C29H31ClN2O4/c1-35-26-19-24(9-15-31-26)36-16-10-21-17-20-5-2-3-8-25(20)28(21)11-13-29(14-12-28,27(33)34)32-23-7-4-6-22(30)18-23/h2-9,15,18-19,21,32H,10-14,16-17H2,1H3,(H,33,34). The van der Waals surface area contributed by atoms with Crippen LogP contribution < -0.4 is 14.8 Å². The van der Waals surface area contributed by atoms with E-state index in [1.165, 1.54) is 11.1 Å². The van der Waals surface area contributed by atoms with Gasteiger partial charge >= 0.3 is 5.97 Å². The molecule has 1 spiro atoms. The second-order valence-corrected chi connectivity index (χ2v) is 10.3. The van der Waals surface area contributed by atoms with Crippen LogP contribution in [0.25, 0.3) is 0 Å². The van der Waals surface area contributed by atoms with Crippen molar-refractivity contribution >= 4 is 23.3 Å². The van der Waals surface area contributed by atoms with E-state index in [1.54, 1.807) is 31.5 Å². The van der Waals surface area contributed by atoms with Gasteiger partial charge in [-0.2, -0.15) is 0 Å². The summed E-state index contributed by atoms with van der Waals surface area (Å²) in [4.78, 5) is 16.7. The van der Waals surface area contributed by atoms with Gasteiger partial charge < -0.3 is 19.9 Å². The zero-order valence-corrected chi connectivity index (χ0v) is 21.1. The molecule has 1 atom stereocenters. The minimum atomic E-state index is -1.01. The first-order valence-corrected chi connectivity index (χ1v) is 12.8. The van der Waals surface area contributed by atoms with Crippen molar-refractivity contribution < 1.29 is 19.4 Å². The number of carboxylic acid groups (broad SMARTS) is 1. The number of hydrogen-bond donors (Lipinski definition) is 2. The molecule has 1 heterocycles. The van der Waals surface area contributed by atoms with Crippen molar-refractivity contribution in [3.63, 3.8) is 0 Å². The first-order chi connectivity index (χ1) is 17.4. The number of carbonyl (C=O) groups is 1. The molecule has 0 saturated heterocycles. The molecular formula is C29H31ClN2O4. The molecule has 1 fully saturated rings. The zero-order chi connectivity index (χ0) is 25.2. The van der Waals surface area contributed by atoms with Gasteiger partial charge in [0.25, 0.3) is 0 Å². The lowest BCUT2D eigenvalue weighted by molar-refractivity contribution is -0.144. The number of anilines is 1. The van der Waals surface area contributed by atoms with Crippen LogP contribution in [0, 0.1) is 5.92 Å². The van der Waals surface area contributed by atoms with Crippen LogP contribution >= 0.6 is 11.6 Å². The maximum atomic E-state index is 12.5. The highest BCUT2D eigenvalue weighted by atomic mass is 35.5. The minimum absolute atomic E-state index is 0.0507. The summed E-state index contributed by atoms with van der Waals surface area (Å²) in [5, 5.41) is 14.2. The fourth-order valence-corrected chi connectivity index (χ4v) is 6.38. The molecular weight excluding hydrogens is 476 g/mol. The second-order valence-electron chi connectivity index (χ2n) is 9.91. The number of hydrogen-bond acceptors (Lipinski definition) is 5. The number of ether oxygens (including phenoxy) is 2. The van der Waals surface area contributed by atoms with Gasteiger partial charge in [-0.15, -0.1) is 0 Å². The summed E-state index contributed by atoms with van der Waals surface area (Å²) in [5.41, 5.74) is 2.43. The van der Waals surface area contributed by atoms with Crippen molar-refractivity contribution in [2.45, 2.75) is 49.5 Å². The summed E-state index contributed by atoms with van der Waals surface area (Å²) in [6, 6.07) is 19.6. The van der Waals surface area contributed by atoms with Gasteiger partial charge in [0.05, 0.1) is 13.7 Å². The highest BCUT2D eigenvalue weighted by Gasteiger charge is 2.53. The van der Waals surface area contributed by atoms with Gasteiger partial charge in [0.15, 0.2) is 0 Å². The number of nitrogens with one attached hydrogen (secondary N) is 1. The smallest absolute Gasteiger partial charge is 0.329 e. The topological polar surface area (TPSA) is 80.7 Å². The van der Waals surface area contributed by atoms with E-state index < -0.39 is 11.5 Å². The number of methoxy groups -OCH3 is 1. The van der Waals surface area contributed by atoms with Crippen LogP contribution in [0.5, 0.6) is 11.6 Å². The molecule has 5 rings (SSSR count). The van der Waals surface area contributed by atoms with Crippen molar-refractivity contribution in [2.75, 3.05) is 19.0 Å². The van der Waals surface area contributed by atoms with Gasteiger partial charge in [-0.3, -0.25) is 0 Å². The number of carboxylic acids is 1. The molecule has 2 aliphatic rings. The zero-order valence-electron chi connectivity index (χ0n) is 20.4. The number of halogens is 1. The number of nitrogens with zero attached hydrogens (tertiary/aromatic N) is 1. The molecule has 36 heavy (non-hydrogen) atoms. The largest absolute Gasteiger partial charge is 0.493 e. The number of fused-ring (bicyclic) bond motifs is 2. The Balaban J connectivity index is 1.34. The summed E-state index contributed by atoms with van der Waals surface area (Å²) >= 11 is 6.16. The Hall–Kier alpha value is -3.25. The first kappa shape index (κ1) is 24.4. The van der Waals surface area contributed by atoms with E-state index in [2.05, 4.69) is 34.6 Å². The molecule has 2 aliphatic carbocycles. The number of aliphatic carboxylic acids is 1. The molecule has 1 saturated carbocycles. The van der Waals surface area contributed by atoms with Gasteiger partial charge in [-0.05, 0) is 85.3 Å². The molecule has 3 aromatic rings. The van der Waals surface area contributed by atoms with Crippen molar-refractivity contribution in [1.82, 2.24) is 4.98 Å². The molecule has 0 radical (unpaired) electrons. The van der Waals surface area contributed by atoms with Crippen LogP contribution in [-0.4, -0.2) is 35.3 Å². The highest BCUT2D eigenvalue weighted by molar-refractivity contribution is 6.30. The van der Waals surface area contributed by atoms with E-state index in [9.17, 15) is 9.90 Å². The molecule has 7 heteroatoms. The lowest BCUT2D eigenvalue weighted by Crippen LogP contribution is -2.53. The van der Waals surface area contributed by atoms with E-state index in [0.717, 1.165) is 37.1 Å². The number of pyridine rings is 1. The Kier molecular flexibility index (Phi) is 6.80. The first-order valence-electron chi connectivity index (χ1n) is 12.4. The third-order valence-electron chi connectivity index (χ3n) is 8.07. The Morgan fingerprint density at radius 1 is 1.11 bits per heavy atom. The highest BCUT2D eigenvalue weighted by Crippen LogP contribution is 2.55. The molecule has 2 aromatic carbocycles. The average molecular weight is 507 g/mol. The second kappa shape index (κ2) is 10.0. The van der Waals surface area contributed by atoms with E-state index >= 15 is 0 Å². The van der Waals surface area contributed by atoms with E-state index in [4.69, 9.17) is 21.1 Å². The van der Waals surface area contributed by atoms with Crippen LogP contribution in [0.15, 0.2) is 66.9 Å². The SMILES string of the molecule is COc1cc(OCCC2Cc3ccccc3C23CCC(Nc2cccc(Cl)c2)(C(=O)O)CC3)ccn1. The molecule has 0 amide bonds. The number of rotatable bonds is 8. The van der Waals surface area contributed by atoms with Crippen LogP contribution in [0.4, 0.5) is 5.69 Å². The molecule has 2 N–H and O–H groups in total. The normalized spacial score (nSPS) is 24.8. The number of benzene rings is 2. The van der Waals surface area contributed by atoms with Crippen molar-refractivity contribution in [1.29, 1.82) is 0 Å². The monoisotopic (exact) mass is 506 g/mol. The molecule has 1 unspecified atom stereocenters. The molecule has 188 valence electrons. The maximum absolute atomic E-state index is 12.5. The maximum Gasteiger partial charge on any atom is 0.329 e. The third kappa shape index (κ3) is 4.62. The van der Waals surface area contributed by atoms with Crippen molar-refractivity contribution in [3.05, 3.63) is 83.0 Å². The molecule has 0 aliphatic heterocycles. The minimum Gasteiger partial charge on any atom is -0.493 e. The Morgan fingerprint density at radius 2 is 1.92 bits per heavy atom. The Morgan fingerprint density at radius 3 is 2.67 bits per heavy atom. The summed E-state index contributed by atoms with van der Waals surface area (Å²) in [6.07, 6.45) is 6.25. The lowest BCUT2D eigenvalue weighted by atomic mass is 9.60. The van der Waals surface area contributed by atoms with Gasteiger partial charge in [0.1, 0.15) is 11.3 Å².